The van der Waals surface area contributed by atoms with E-state index in [1.54, 1.807) is 0 Å². The Kier molecular flexibility index (Phi) is 4.22. The molecule has 0 aliphatic carbocycles. The molecular formula is C8H15NS. The van der Waals surface area contributed by atoms with Gasteiger partial charge in [-0.1, -0.05) is 12.0 Å². The molecule has 58 valence electrons. The van der Waals surface area contributed by atoms with Gasteiger partial charge < -0.3 is 0 Å². The highest BCUT2D eigenvalue weighted by Gasteiger charge is 2.04. The predicted octanol–water partition coefficient (Wildman–Crippen LogP) is 2.50. The molecule has 0 spiro atoms. The van der Waals surface area contributed by atoms with Gasteiger partial charge in [0, 0.05) is 6.42 Å². The van der Waals surface area contributed by atoms with E-state index in [1.807, 2.05) is 5.41 Å². The van der Waals surface area contributed by atoms with Crippen molar-refractivity contribution < 1.29 is 0 Å². The molecule has 0 bridgehead atoms. The fraction of sp³-hybridized carbons (Fsp3) is 0.625. The number of nitriles is 1. The smallest absolute Gasteiger partial charge is 0.0622 e. The minimum atomic E-state index is -0.579. The van der Waals surface area contributed by atoms with Gasteiger partial charge >= 0.3 is 0 Å². The van der Waals surface area contributed by atoms with Crippen LogP contribution >= 0.6 is 10.0 Å². The van der Waals surface area contributed by atoms with Crippen LogP contribution in [0.2, 0.25) is 0 Å². The van der Waals surface area contributed by atoms with Crippen LogP contribution < -0.4 is 0 Å². The van der Waals surface area contributed by atoms with Crippen LogP contribution in [0.3, 0.4) is 0 Å². The second-order valence-electron chi connectivity index (χ2n) is 2.76. The summed E-state index contributed by atoms with van der Waals surface area (Å²) in [6.07, 6.45) is 6.14. The van der Waals surface area contributed by atoms with Crippen molar-refractivity contribution in [3.8, 4) is 6.07 Å². The largest absolute Gasteiger partial charge is 0.227 e. The van der Waals surface area contributed by atoms with E-state index in [0.29, 0.717) is 6.42 Å². The van der Waals surface area contributed by atoms with E-state index < -0.39 is 10.0 Å². The van der Waals surface area contributed by atoms with Crippen LogP contribution in [0.5, 0.6) is 0 Å². The summed E-state index contributed by atoms with van der Waals surface area (Å²) in [7, 11) is -0.579. The van der Waals surface area contributed by atoms with Gasteiger partial charge in [-0.25, -0.2) is 10.0 Å². The Morgan fingerprint density at radius 2 is 2.20 bits per heavy atom. The Hall–Kier alpha value is -0.420. The predicted molar refractivity (Wildman–Crippen MR) is 49.4 cm³/mol. The highest BCUT2D eigenvalue weighted by atomic mass is 32.3. The molecular weight excluding hydrogens is 142 g/mol. The monoisotopic (exact) mass is 157 g/mol. The van der Waals surface area contributed by atoms with Crippen LogP contribution in [0.15, 0.2) is 12.0 Å². The van der Waals surface area contributed by atoms with Gasteiger partial charge in [-0.2, -0.15) is 5.26 Å². The third-order valence-electron chi connectivity index (χ3n) is 1.41. The van der Waals surface area contributed by atoms with E-state index in [0.717, 1.165) is 12.2 Å². The second kappa shape index (κ2) is 4.40. The number of hydrogen-bond acceptors (Lipinski definition) is 1. The molecule has 0 fully saturated rings. The molecule has 0 amide bonds. The molecule has 0 saturated heterocycles. The van der Waals surface area contributed by atoms with Crippen molar-refractivity contribution in [2.45, 2.75) is 12.8 Å². The lowest BCUT2D eigenvalue weighted by molar-refractivity contribution is 0.978. The van der Waals surface area contributed by atoms with E-state index >= 15 is 0 Å². The van der Waals surface area contributed by atoms with Crippen molar-refractivity contribution >= 4 is 10.0 Å². The maximum absolute atomic E-state index is 8.27. The molecule has 0 N–H and O–H groups in total. The third-order valence-corrected chi connectivity index (χ3v) is 3.65. The van der Waals surface area contributed by atoms with Gasteiger partial charge in [0.15, 0.2) is 0 Å². The van der Waals surface area contributed by atoms with Crippen molar-refractivity contribution in [1.29, 1.82) is 5.26 Å². The van der Waals surface area contributed by atoms with Gasteiger partial charge in [0.25, 0.3) is 0 Å². The Morgan fingerprint density at radius 1 is 1.60 bits per heavy atom. The van der Waals surface area contributed by atoms with E-state index in [1.165, 1.54) is 0 Å². The zero-order chi connectivity index (χ0) is 8.04. The molecule has 10 heavy (non-hydrogen) atoms. The van der Waals surface area contributed by atoms with Crippen molar-refractivity contribution in [3.63, 3.8) is 0 Å². The Bertz CT molecular complexity index is 144. The molecule has 0 atom stereocenters. The topological polar surface area (TPSA) is 23.8 Å². The summed E-state index contributed by atoms with van der Waals surface area (Å²) in [5.41, 5.74) is 0. The molecule has 0 radical (unpaired) electrons. The minimum Gasteiger partial charge on any atom is -0.227 e. The number of rotatable bonds is 4. The quantitative estimate of drug-likeness (QED) is 0.575. The third kappa shape index (κ3) is 4.46. The maximum atomic E-state index is 8.27. The first-order valence-electron chi connectivity index (χ1n) is 3.33. The molecule has 0 aliphatic heterocycles. The second-order valence-corrected chi connectivity index (χ2v) is 6.75. The van der Waals surface area contributed by atoms with Crippen LogP contribution in [0, 0.1) is 11.3 Å². The molecule has 0 aromatic carbocycles. The lowest BCUT2D eigenvalue weighted by Crippen LogP contribution is -1.96. The summed E-state index contributed by atoms with van der Waals surface area (Å²) < 4.78 is 0. The minimum absolute atomic E-state index is 0.579. The van der Waals surface area contributed by atoms with E-state index in [2.05, 4.69) is 25.2 Å². The molecule has 0 unspecified atom stereocenters. The number of nitrogens with zero attached hydrogens (tertiary/aromatic N) is 1. The van der Waals surface area contributed by atoms with Crippen LogP contribution in [0.1, 0.15) is 12.8 Å². The first kappa shape index (κ1) is 9.58. The molecule has 0 aliphatic rings. The Morgan fingerprint density at radius 3 is 2.60 bits per heavy atom. The first-order valence-corrected chi connectivity index (χ1v) is 6.01. The van der Waals surface area contributed by atoms with Crippen molar-refractivity contribution in [1.82, 2.24) is 0 Å². The van der Waals surface area contributed by atoms with Gasteiger partial charge in [-0.05, 0) is 24.7 Å². The normalized spacial score (nSPS) is 12.1. The molecule has 0 saturated carbocycles. The lowest BCUT2D eigenvalue weighted by Gasteiger charge is -2.25. The standard InChI is InChI=1S/C8H15NS/c1-4-10(2,3)8-6-5-7-9/h4H,1,5-6,8H2,2-3H3. The summed E-state index contributed by atoms with van der Waals surface area (Å²) in [5, 5.41) is 10.3. The van der Waals surface area contributed by atoms with Gasteiger partial charge in [0.2, 0.25) is 0 Å². The van der Waals surface area contributed by atoms with Gasteiger partial charge in [-0.15, -0.1) is 0 Å². The summed E-state index contributed by atoms with van der Waals surface area (Å²) in [4.78, 5) is 0. The molecule has 2 heteroatoms. The van der Waals surface area contributed by atoms with E-state index in [9.17, 15) is 0 Å². The number of hydrogen-bond donors (Lipinski definition) is 0. The highest BCUT2D eigenvalue weighted by Crippen LogP contribution is 2.41. The first-order chi connectivity index (χ1) is 4.62. The van der Waals surface area contributed by atoms with E-state index in [-0.39, 0.29) is 0 Å². The van der Waals surface area contributed by atoms with Crippen molar-refractivity contribution in [2.24, 2.45) is 0 Å². The average molecular weight is 157 g/mol. The van der Waals surface area contributed by atoms with Gasteiger partial charge in [0.05, 0.1) is 6.07 Å². The summed E-state index contributed by atoms with van der Waals surface area (Å²) in [6, 6.07) is 2.14. The van der Waals surface area contributed by atoms with Gasteiger partial charge in [0.1, 0.15) is 0 Å². The zero-order valence-corrected chi connectivity index (χ0v) is 7.58. The molecule has 0 aromatic rings. The summed E-state index contributed by atoms with van der Waals surface area (Å²) in [5.74, 6) is 1.14. The average Bonchev–Trinajstić information content (AvgIpc) is 1.89. The molecule has 0 heterocycles. The lowest BCUT2D eigenvalue weighted by atomic mass is 10.4. The zero-order valence-electron chi connectivity index (χ0n) is 6.76. The van der Waals surface area contributed by atoms with Crippen LogP contribution in [-0.4, -0.2) is 18.3 Å². The molecule has 1 nitrogen and oxygen atoms in total. The van der Waals surface area contributed by atoms with Crippen molar-refractivity contribution in [3.05, 3.63) is 12.0 Å². The fourth-order valence-corrected chi connectivity index (χ4v) is 1.66. The Labute approximate surface area is 65.1 Å². The van der Waals surface area contributed by atoms with Crippen LogP contribution in [0.4, 0.5) is 0 Å². The highest BCUT2D eigenvalue weighted by molar-refractivity contribution is 8.35. The van der Waals surface area contributed by atoms with E-state index in [4.69, 9.17) is 5.26 Å². The van der Waals surface area contributed by atoms with Crippen LogP contribution in [0.25, 0.3) is 0 Å². The Balaban J connectivity index is 3.49. The van der Waals surface area contributed by atoms with Gasteiger partial charge in [-0.3, -0.25) is 0 Å². The van der Waals surface area contributed by atoms with Crippen molar-refractivity contribution in [2.75, 3.05) is 18.3 Å². The summed E-state index contributed by atoms with van der Waals surface area (Å²) in [6.45, 7) is 3.77. The number of unbranched alkanes of at least 4 members (excludes halogenated alkanes) is 1. The maximum Gasteiger partial charge on any atom is 0.0622 e. The fourth-order valence-electron chi connectivity index (χ4n) is 0.607. The van der Waals surface area contributed by atoms with Crippen LogP contribution in [-0.2, 0) is 0 Å². The summed E-state index contributed by atoms with van der Waals surface area (Å²) >= 11 is 0. The molecule has 0 rings (SSSR count). The molecule has 0 aromatic heterocycles. The SMILES string of the molecule is C=CS(C)(C)CCCC#N.